The summed E-state index contributed by atoms with van der Waals surface area (Å²) in [6.07, 6.45) is 0. The lowest BCUT2D eigenvalue weighted by Crippen LogP contribution is -2.18. The Balaban J connectivity index is 2.04. The van der Waals surface area contributed by atoms with Crippen molar-refractivity contribution in [1.82, 2.24) is 5.32 Å². The molecule has 2 aromatic carbocycles. The van der Waals surface area contributed by atoms with E-state index in [9.17, 15) is 8.78 Å². The van der Waals surface area contributed by atoms with Crippen molar-refractivity contribution in [3.63, 3.8) is 0 Å². The summed E-state index contributed by atoms with van der Waals surface area (Å²) in [5.41, 5.74) is 1.82. The van der Waals surface area contributed by atoms with Crippen molar-refractivity contribution in [3.05, 3.63) is 68.1 Å². The first-order valence-electron chi connectivity index (χ1n) is 6.09. The minimum atomic E-state index is -0.822. The van der Waals surface area contributed by atoms with Crippen molar-refractivity contribution in [2.24, 2.45) is 0 Å². The van der Waals surface area contributed by atoms with Crippen LogP contribution in [0.15, 0.2) is 45.3 Å². The molecule has 0 heterocycles. The second kappa shape index (κ2) is 6.78. The second-order valence-electron chi connectivity index (χ2n) is 4.52. The number of hydrogen-bond acceptors (Lipinski definition) is 1. The van der Waals surface area contributed by atoms with Gasteiger partial charge in [-0.05, 0) is 42.3 Å². The Morgan fingerprint density at radius 3 is 2.45 bits per heavy atom. The molecule has 1 unspecified atom stereocenters. The van der Waals surface area contributed by atoms with E-state index in [1.54, 1.807) is 6.07 Å². The topological polar surface area (TPSA) is 12.0 Å². The molecule has 0 radical (unpaired) electrons. The van der Waals surface area contributed by atoms with Gasteiger partial charge in [0.05, 0.1) is 0 Å². The van der Waals surface area contributed by atoms with Crippen molar-refractivity contribution < 1.29 is 8.78 Å². The first kappa shape index (κ1) is 15.6. The maximum Gasteiger partial charge on any atom is 0.159 e. The molecule has 0 aliphatic heterocycles. The molecule has 0 aliphatic rings. The Morgan fingerprint density at radius 2 is 1.80 bits per heavy atom. The summed E-state index contributed by atoms with van der Waals surface area (Å²) in [7, 11) is 0. The van der Waals surface area contributed by atoms with E-state index >= 15 is 0 Å². The Bertz CT molecular complexity index is 617. The predicted octanol–water partition coefficient (Wildman–Crippen LogP) is 5.34. The number of nitrogens with one attached hydrogen (secondary N) is 1. The maximum atomic E-state index is 13.1. The lowest BCUT2D eigenvalue weighted by Gasteiger charge is -2.16. The molecule has 0 aliphatic carbocycles. The normalized spacial score (nSPS) is 12.4. The third kappa shape index (κ3) is 3.87. The molecule has 1 atom stereocenters. The monoisotopic (exact) mass is 403 g/mol. The molecule has 0 spiro atoms. The third-order valence-corrected chi connectivity index (χ3v) is 4.21. The molecule has 0 amide bonds. The van der Waals surface area contributed by atoms with Crippen molar-refractivity contribution in [3.8, 4) is 0 Å². The van der Waals surface area contributed by atoms with Gasteiger partial charge in [-0.1, -0.05) is 44.0 Å². The van der Waals surface area contributed by atoms with E-state index in [0.29, 0.717) is 12.1 Å². The summed E-state index contributed by atoms with van der Waals surface area (Å²) < 4.78 is 28.0. The summed E-state index contributed by atoms with van der Waals surface area (Å²) >= 11 is 6.92. The van der Waals surface area contributed by atoms with Gasteiger partial charge < -0.3 is 5.32 Å². The van der Waals surface area contributed by atoms with Crippen LogP contribution in [0.4, 0.5) is 8.78 Å². The molecular formula is C15H13Br2F2N. The van der Waals surface area contributed by atoms with Gasteiger partial charge in [0, 0.05) is 21.5 Å². The molecule has 20 heavy (non-hydrogen) atoms. The SMILES string of the molecule is CC(NCc1ccc(F)c(F)c1)c1ccc(Br)cc1Br. The van der Waals surface area contributed by atoms with Crippen LogP contribution in [-0.4, -0.2) is 0 Å². The molecule has 0 aromatic heterocycles. The number of hydrogen-bond donors (Lipinski definition) is 1. The van der Waals surface area contributed by atoms with Crippen LogP contribution in [0.3, 0.4) is 0 Å². The number of benzene rings is 2. The fourth-order valence-electron chi connectivity index (χ4n) is 1.88. The van der Waals surface area contributed by atoms with Gasteiger partial charge in [0.25, 0.3) is 0 Å². The highest BCUT2D eigenvalue weighted by molar-refractivity contribution is 9.11. The molecule has 5 heteroatoms. The van der Waals surface area contributed by atoms with Crippen LogP contribution < -0.4 is 5.32 Å². The van der Waals surface area contributed by atoms with E-state index in [2.05, 4.69) is 37.2 Å². The summed E-state index contributed by atoms with van der Waals surface area (Å²) in [6.45, 7) is 2.49. The fourth-order valence-corrected chi connectivity index (χ4v) is 3.27. The van der Waals surface area contributed by atoms with E-state index in [-0.39, 0.29) is 6.04 Å². The Hall–Kier alpha value is -0.780. The van der Waals surface area contributed by atoms with Crippen molar-refractivity contribution in [2.75, 3.05) is 0 Å². The van der Waals surface area contributed by atoms with E-state index in [4.69, 9.17) is 0 Å². The van der Waals surface area contributed by atoms with Gasteiger partial charge >= 0.3 is 0 Å². The Labute approximate surface area is 133 Å². The molecule has 0 bridgehead atoms. The number of halogens is 4. The van der Waals surface area contributed by atoms with Gasteiger partial charge in [-0.3, -0.25) is 0 Å². The van der Waals surface area contributed by atoms with Crippen molar-refractivity contribution >= 4 is 31.9 Å². The van der Waals surface area contributed by atoms with Gasteiger partial charge in [0.15, 0.2) is 11.6 Å². The second-order valence-corrected chi connectivity index (χ2v) is 6.29. The first-order chi connectivity index (χ1) is 9.47. The zero-order valence-corrected chi connectivity index (χ0v) is 13.9. The highest BCUT2D eigenvalue weighted by Gasteiger charge is 2.10. The molecular weight excluding hydrogens is 392 g/mol. The van der Waals surface area contributed by atoms with E-state index < -0.39 is 11.6 Å². The van der Waals surface area contributed by atoms with Crippen LogP contribution in [0, 0.1) is 11.6 Å². The number of rotatable bonds is 4. The molecule has 0 fully saturated rings. The van der Waals surface area contributed by atoms with E-state index in [1.165, 1.54) is 6.07 Å². The Kier molecular flexibility index (Phi) is 5.29. The molecule has 0 saturated heterocycles. The van der Waals surface area contributed by atoms with Gasteiger partial charge in [0.2, 0.25) is 0 Å². The van der Waals surface area contributed by atoms with Crippen LogP contribution in [0.1, 0.15) is 24.1 Å². The summed E-state index contributed by atoms with van der Waals surface area (Å²) in [5, 5.41) is 3.29. The Morgan fingerprint density at radius 1 is 1.05 bits per heavy atom. The van der Waals surface area contributed by atoms with Crippen molar-refractivity contribution in [2.45, 2.75) is 19.5 Å². The van der Waals surface area contributed by atoms with Crippen molar-refractivity contribution in [1.29, 1.82) is 0 Å². The summed E-state index contributed by atoms with van der Waals surface area (Å²) in [5.74, 6) is -1.64. The molecule has 1 N–H and O–H groups in total. The predicted molar refractivity (Wildman–Crippen MR) is 83.5 cm³/mol. The standard InChI is InChI=1S/C15H13Br2F2N/c1-9(12-4-3-11(16)7-13(12)17)20-8-10-2-5-14(18)15(19)6-10/h2-7,9,20H,8H2,1H3. The smallest absolute Gasteiger partial charge is 0.159 e. The van der Waals surface area contributed by atoms with E-state index in [0.717, 1.165) is 20.6 Å². The quantitative estimate of drug-likeness (QED) is 0.725. The van der Waals surface area contributed by atoms with Gasteiger partial charge in [-0.2, -0.15) is 0 Å². The van der Waals surface area contributed by atoms with Gasteiger partial charge in [-0.15, -0.1) is 0 Å². The first-order valence-corrected chi connectivity index (χ1v) is 7.68. The largest absolute Gasteiger partial charge is 0.306 e. The third-order valence-electron chi connectivity index (χ3n) is 3.03. The van der Waals surface area contributed by atoms with Gasteiger partial charge in [-0.25, -0.2) is 8.78 Å². The van der Waals surface area contributed by atoms with Gasteiger partial charge in [0.1, 0.15) is 0 Å². The lowest BCUT2D eigenvalue weighted by atomic mass is 10.1. The zero-order valence-electron chi connectivity index (χ0n) is 10.8. The molecule has 1 nitrogen and oxygen atoms in total. The lowest BCUT2D eigenvalue weighted by molar-refractivity contribution is 0.504. The van der Waals surface area contributed by atoms with Crippen LogP contribution in [0.5, 0.6) is 0 Å². The maximum absolute atomic E-state index is 13.1. The average Bonchev–Trinajstić information content (AvgIpc) is 2.40. The highest BCUT2D eigenvalue weighted by Crippen LogP contribution is 2.27. The fraction of sp³-hybridized carbons (Fsp3) is 0.200. The molecule has 106 valence electrons. The van der Waals surface area contributed by atoms with Crippen LogP contribution in [0.2, 0.25) is 0 Å². The molecule has 2 aromatic rings. The molecule has 2 rings (SSSR count). The average molecular weight is 405 g/mol. The molecule has 0 saturated carbocycles. The van der Waals surface area contributed by atoms with Crippen LogP contribution in [-0.2, 0) is 6.54 Å². The minimum absolute atomic E-state index is 0.0885. The van der Waals surface area contributed by atoms with Crippen LogP contribution >= 0.6 is 31.9 Å². The zero-order chi connectivity index (χ0) is 14.7. The van der Waals surface area contributed by atoms with Crippen LogP contribution in [0.25, 0.3) is 0 Å². The van der Waals surface area contributed by atoms with E-state index in [1.807, 2.05) is 25.1 Å². The highest BCUT2D eigenvalue weighted by atomic mass is 79.9. The summed E-state index contributed by atoms with van der Waals surface area (Å²) in [4.78, 5) is 0. The summed E-state index contributed by atoms with van der Waals surface area (Å²) in [6, 6.07) is 9.98. The minimum Gasteiger partial charge on any atom is -0.306 e.